The predicted octanol–water partition coefficient (Wildman–Crippen LogP) is 4.01. The number of hydrogen-bond donors (Lipinski definition) is 1. The summed E-state index contributed by atoms with van der Waals surface area (Å²) in [6.45, 7) is 1.75. The van der Waals surface area contributed by atoms with Crippen LogP contribution in [0.3, 0.4) is 0 Å². The Morgan fingerprint density at radius 1 is 1.26 bits per heavy atom. The molecule has 6 nitrogen and oxygen atoms in total. The third-order valence-electron chi connectivity index (χ3n) is 2.76. The summed E-state index contributed by atoms with van der Waals surface area (Å²) in [7, 11) is 0. The normalized spacial score (nSPS) is 10.7. The number of halogens is 1. The zero-order valence-electron chi connectivity index (χ0n) is 11.8. The van der Waals surface area contributed by atoms with Gasteiger partial charge in [-0.3, -0.25) is 10.1 Å². The molecule has 1 aromatic carbocycles. The van der Waals surface area contributed by atoms with Crippen molar-refractivity contribution in [3.63, 3.8) is 0 Å². The van der Waals surface area contributed by atoms with E-state index in [-0.39, 0.29) is 5.91 Å². The van der Waals surface area contributed by atoms with Gasteiger partial charge in [0.1, 0.15) is 4.88 Å². The molecule has 1 amide bonds. The van der Waals surface area contributed by atoms with E-state index in [4.69, 9.17) is 0 Å². The van der Waals surface area contributed by atoms with Crippen LogP contribution in [0.1, 0.15) is 20.9 Å². The summed E-state index contributed by atoms with van der Waals surface area (Å²) < 4.78 is 5.61. The van der Waals surface area contributed by atoms with Gasteiger partial charge in [-0.25, -0.2) is 0 Å². The summed E-state index contributed by atoms with van der Waals surface area (Å²) in [5.74, 6) is 0.548. The van der Waals surface area contributed by atoms with Crippen molar-refractivity contribution in [3.8, 4) is 0 Å². The fourth-order valence-corrected chi connectivity index (χ4v) is 4.16. The molecule has 118 valence electrons. The lowest BCUT2D eigenvalue weighted by molar-refractivity contribution is 0.102. The summed E-state index contributed by atoms with van der Waals surface area (Å²) in [6, 6.07) is 8.13. The van der Waals surface area contributed by atoms with E-state index >= 15 is 0 Å². The number of rotatable bonds is 5. The maximum absolute atomic E-state index is 12.1. The minimum atomic E-state index is -0.252. The Bertz CT molecular complexity index is 817. The lowest BCUT2D eigenvalue weighted by Gasteiger charge is -1.98. The van der Waals surface area contributed by atoms with E-state index in [0.717, 1.165) is 26.1 Å². The number of carbonyl (C=O) groups excluding carboxylic acids is 1. The number of aromatic nitrogens is 4. The second kappa shape index (κ2) is 7.47. The van der Waals surface area contributed by atoms with E-state index in [2.05, 4.69) is 53.2 Å². The van der Waals surface area contributed by atoms with Crippen molar-refractivity contribution in [2.24, 2.45) is 0 Å². The summed E-state index contributed by atoms with van der Waals surface area (Å²) in [5.41, 5.74) is 1.81. The van der Waals surface area contributed by atoms with Gasteiger partial charge in [0, 0.05) is 10.2 Å². The summed E-state index contributed by atoms with van der Waals surface area (Å²) in [4.78, 5) is 12.6. The minimum absolute atomic E-state index is 0.252. The monoisotopic (exact) mass is 427 g/mol. The van der Waals surface area contributed by atoms with Gasteiger partial charge < -0.3 is 0 Å². The van der Waals surface area contributed by atoms with Crippen LogP contribution < -0.4 is 5.32 Å². The highest BCUT2D eigenvalue weighted by molar-refractivity contribution is 9.10. The van der Waals surface area contributed by atoms with Crippen LogP contribution in [0.2, 0.25) is 0 Å². The van der Waals surface area contributed by atoms with Crippen molar-refractivity contribution in [2.45, 2.75) is 17.0 Å². The lowest BCUT2D eigenvalue weighted by atomic mass is 10.2. The van der Waals surface area contributed by atoms with Crippen LogP contribution >= 0.6 is 50.6 Å². The third-order valence-corrected chi connectivity index (χ3v) is 6.16. The van der Waals surface area contributed by atoms with E-state index in [0.29, 0.717) is 15.7 Å². The van der Waals surface area contributed by atoms with Gasteiger partial charge in [0.25, 0.3) is 5.91 Å². The van der Waals surface area contributed by atoms with Gasteiger partial charge in [-0.15, -0.1) is 15.3 Å². The van der Waals surface area contributed by atoms with Crippen molar-refractivity contribution < 1.29 is 4.79 Å². The molecule has 0 fully saturated rings. The molecule has 0 radical (unpaired) electrons. The quantitative estimate of drug-likeness (QED) is 0.489. The Hall–Kier alpha value is -1.36. The molecule has 2 heterocycles. The molecule has 0 saturated heterocycles. The van der Waals surface area contributed by atoms with Gasteiger partial charge >= 0.3 is 0 Å². The summed E-state index contributed by atoms with van der Waals surface area (Å²) in [5, 5.41) is 15.1. The fraction of sp³-hybridized carbons (Fsp3) is 0.154. The Morgan fingerprint density at radius 3 is 2.74 bits per heavy atom. The second-order valence-corrected chi connectivity index (χ2v) is 8.30. The van der Waals surface area contributed by atoms with Gasteiger partial charge in [0.2, 0.25) is 5.13 Å². The first-order chi connectivity index (χ1) is 11.1. The number of aryl methyl sites for hydroxylation is 1. The zero-order valence-corrected chi connectivity index (χ0v) is 15.9. The van der Waals surface area contributed by atoms with Crippen LogP contribution in [0, 0.1) is 6.92 Å². The first-order valence-electron chi connectivity index (χ1n) is 6.43. The molecule has 23 heavy (non-hydrogen) atoms. The van der Waals surface area contributed by atoms with Crippen molar-refractivity contribution in [1.82, 2.24) is 19.8 Å². The molecule has 0 aliphatic rings. The van der Waals surface area contributed by atoms with Gasteiger partial charge in [-0.05, 0) is 36.2 Å². The molecule has 0 spiro atoms. The molecular weight excluding hydrogens is 418 g/mol. The van der Waals surface area contributed by atoms with E-state index in [1.165, 1.54) is 16.9 Å². The maximum atomic E-state index is 12.1. The smallest absolute Gasteiger partial charge is 0.271 e. The highest BCUT2D eigenvalue weighted by Gasteiger charge is 2.15. The second-order valence-electron chi connectivity index (χ2n) is 4.43. The molecule has 2 aromatic heterocycles. The molecule has 3 aromatic rings. The van der Waals surface area contributed by atoms with Crippen LogP contribution in [-0.2, 0) is 5.75 Å². The molecule has 0 bridgehead atoms. The predicted molar refractivity (Wildman–Crippen MR) is 96.2 cm³/mol. The number of nitrogens with one attached hydrogen (secondary N) is 1. The Labute approximate surface area is 153 Å². The number of nitrogens with zero attached hydrogens (tertiary/aromatic N) is 4. The molecule has 0 unspecified atom stereocenters. The van der Waals surface area contributed by atoms with Crippen molar-refractivity contribution >= 4 is 61.6 Å². The van der Waals surface area contributed by atoms with Gasteiger partial charge in [-0.2, -0.15) is 0 Å². The van der Waals surface area contributed by atoms with Crippen LogP contribution in [0.15, 0.2) is 33.1 Å². The van der Waals surface area contributed by atoms with Crippen molar-refractivity contribution in [2.75, 3.05) is 5.32 Å². The standard InChI is InChI=1S/C13H10BrN5OS3/c1-7-10(23-19-16-7)11(20)15-12-17-18-13(22-12)21-6-8-2-4-9(14)5-3-8/h2-5H,6H2,1H3,(H,15,17,20). The molecule has 0 saturated carbocycles. The molecule has 0 aliphatic carbocycles. The van der Waals surface area contributed by atoms with E-state index in [1.54, 1.807) is 18.7 Å². The number of anilines is 1. The SMILES string of the molecule is Cc1nnsc1C(=O)Nc1nnc(SCc2ccc(Br)cc2)s1. The van der Waals surface area contributed by atoms with Crippen LogP contribution in [0.25, 0.3) is 0 Å². The molecule has 10 heteroatoms. The van der Waals surface area contributed by atoms with Crippen molar-refractivity contribution in [3.05, 3.63) is 44.9 Å². The molecular formula is C13H10BrN5OS3. The van der Waals surface area contributed by atoms with Crippen LogP contribution in [-0.4, -0.2) is 25.7 Å². The first-order valence-corrected chi connectivity index (χ1v) is 9.80. The minimum Gasteiger partial charge on any atom is -0.296 e. The molecule has 3 rings (SSSR count). The highest BCUT2D eigenvalue weighted by Crippen LogP contribution is 2.29. The topological polar surface area (TPSA) is 80.7 Å². The molecule has 0 aliphatic heterocycles. The fourth-order valence-electron chi connectivity index (χ4n) is 1.64. The Kier molecular flexibility index (Phi) is 5.36. The summed E-state index contributed by atoms with van der Waals surface area (Å²) in [6.07, 6.45) is 0. The van der Waals surface area contributed by atoms with Crippen LogP contribution in [0.5, 0.6) is 0 Å². The number of thioether (sulfide) groups is 1. The number of benzene rings is 1. The average Bonchev–Trinajstić information content (AvgIpc) is 3.15. The van der Waals surface area contributed by atoms with E-state index in [9.17, 15) is 4.79 Å². The Morgan fingerprint density at radius 2 is 2.04 bits per heavy atom. The van der Waals surface area contributed by atoms with Crippen LogP contribution in [0.4, 0.5) is 5.13 Å². The Balaban J connectivity index is 1.58. The van der Waals surface area contributed by atoms with Gasteiger partial charge in [0.15, 0.2) is 4.34 Å². The molecule has 1 N–H and O–H groups in total. The summed E-state index contributed by atoms with van der Waals surface area (Å²) >= 11 is 7.41. The van der Waals surface area contributed by atoms with Gasteiger partial charge in [0.05, 0.1) is 5.69 Å². The van der Waals surface area contributed by atoms with Crippen molar-refractivity contribution in [1.29, 1.82) is 0 Å². The maximum Gasteiger partial charge on any atom is 0.271 e. The number of amides is 1. The number of carbonyl (C=O) groups is 1. The average molecular weight is 428 g/mol. The van der Waals surface area contributed by atoms with Gasteiger partial charge in [-0.1, -0.05) is 55.6 Å². The van der Waals surface area contributed by atoms with E-state index in [1.807, 2.05) is 12.1 Å². The number of hydrogen-bond acceptors (Lipinski definition) is 8. The zero-order chi connectivity index (χ0) is 16.2. The van der Waals surface area contributed by atoms with E-state index < -0.39 is 0 Å². The first kappa shape index (κ1) is 16.5. The molecule has 0 atom stereocenters. The highest BCUT2D eigenvalue weighted by atomic mass is 79.9. The lowest BCUT2D eigenvalue weighted by Crippen LogP contribution is -2.11. The third kappa shape index (κ3) is 4.34. The largest absolute Gasteiger partial charge is 0.296 e.